The fourth-order valence-corrected chi connectivity index (χ4v) is 1.95. The van der Waals surface area contributed by atoms with Gasteiger partial charge in [0.15, 0.2) is 0 Å². The lowest BCUT2D eigenvalue weighted by atomic mass is 10.3. The van der Waals surface area contributed by atoms with Crippen LogP contribution < -0.4 is 4.74 Å². The quantitative estimate of drug-likeness (QED) is 0.478. The highest BCUT2D eigenvalue weighted by Gasteiger charge is 2.12. The first-order valence-electron chi connectivity index (χ1n) is 5.12. The van der Waals surface area contributed by atoms with Crippen LogP contribution in [0.15, 0.2) is 36.4 Å². The molecule has 92 valence electrons. The summed E-state index contributed by atoms with van der Waals surface area (Å²) in [4.78, 5) is 14.3. The van der Waals surface area contributed by atoms with E-state index in [0.717, 1.165) is 3.57 Å². The van der Waals surface area contributed by atoms with Gasteiger partial charge in [0.05, 0.1) is 4.92 Å². The van der Waals surface area contributed by atoms with Crippen LogP contribution in [0.5, 0.6) is 11.6 Å². The highest BCUT2D eigenvalue weighted by molar-refractivity contribution is 14.1. The highest BCUT2D eigenvalue weighted by atomic mass is 127. The van der Waals surface area contributed by atoms with Crippen LogP contribution in [0.4, 0.5) is 5.69 Å². The molecule has 0 N–H and O–H groups in total. The van der Waals surface area contributed by atoms with Gasteiger partial charge in [-0.1, -0.05) is 6.07 Å². The first-order valence-corrected chi connectivity index (χ1v) is 6.19. The van der Waals surface area contributed by atoms with Crippen LogP contribution >= 0.6 is 22.6 Å². The second-order valence-corrected chi connectivity index (χ2v) is 4.82. The molecular weight excluding hydrogens is 347 g/mol. The molecule has 0 saturated heterocycles. The Labute approximate surface area is 117 Å². The van der Waals surface area contributed by atoms with Crippen LogP contribution in [-0.4, -0.2) is 9.91 Å². The molecule has 1 aromatic carbocycles. The molecule has 0 aliphatic carbocycles. The topological polar surface area (TPSA) is 65.3 Å². The summed E-state index contributed by atoms with van der Waals surface area (Å²) < 4.78 is 6.58. The van der Waals surface area contributed by atoms with E-state index in [1.807, 2.05) is 18.2 Å². The largest absolute Gasteiger partial charge is 0.439 e. The zero-order chi connectivity index (χ0) is 13.1. The maximum atomic E-state index is 10.7. The van der Waals surface area contributed by atoms with Crippen molar-refractivity contribution in [2.75, 3.05) is 0 Å². The first kappa shape index (κ1) is 12.7. The smallest absolute Gasteiger partial charge is 0.290 e. The van der Waals surface area contributed by atoms with Gasteiger partial charge in [-0.15, -0.1) is 0 Å². The summed E-state index contributed by atoms with van der Waals surface area (Å²) in [5, 5.41) is 10.7. The van der Waals surface area contributed by atoms with E-state index in [9.17, 15) is 10.1 Å². The molecule has 0 spiro atoms. The Morgan fingerprint density at radius 1 is 1.33 bits per heavy atom. The Morgan fingerprint density at radius 2 is 2.11 bits per heavy atom. The average Bonchev–Trinajstić information content (AvgIpc) is 2.28. The predicted molar refractivity (Wildman–Crippen MR) is 74.9 cm³/mol. The summed E-state index contributed by atoms with van der Waals surface area (Å²) in [6.07, 6.45) is 0. The number of nitrogens with zero attached hydrogens (tertiary/aromatic N) is 2. The summed E-state index contributed by atoms with van der Waals surface area (Å²) in [7, 11) is 0. The molecule has 1 aromatic heterocycles. The number of pyridine rings is 1. The summed E-state index contributed by atoms with van der Waals surface area (Å²) in [5.74, 6) is 1.00. The molecule has 0 saturated carbocycles. The van der Waals surface area contributed by atoms with Crippen molar-refractivity contribution in [3.05, 3.63) is 55.8 Å². The van der Waals surface area contributed by atoms with Crippen molar-refractivity contribution in [1.29, 1.82) is 0 Å². The van der Waals surface area contributed by atoms with Gasteiger partial charge in [-0.05, 0) is 47.7 Å². The zero-order valence-electron chi connectivity index (χ0n) is 9.46. The Morgan fingerprint density at radius 3 is 2.72 bits per heavy atom. The van der Waals surface area contributed by atoms with Crippen molar-refractivity contribution in [2.24, 2.45) is 0 Å². The van der Waals surface area contributed by atoms with Gasteiger partial charge in [0.2, 0.25) is 5.88 Å². The SMILES string of the molecule is Cc1nc(Oc2cccc(I)c2)ccc1[N+](=O)[O-]. The van der Waals surface area contributed by atoms with E-state index in [-0.39, 0.29) is 5.69 Å². The van der Waals surface area contributed by atoms with Crippen molar-refractivity contribution in [2.45, 2.75) is 6.92 Å². The van der Waals surface area contributed by atoms with Gasteiger partial charge in [0, 0.05) is 15.7 Å². The van der Waals surface area contributed by atoms with Crippen molar-refractivity contribution < 1.29 is 9.66 Å². The molecule has 0 aliphatic rings. The Hall–Kier alpha value is -1.70. The minimum Gasteiger partial charge on any atom is -0.439 e. The third kappa shape index (κ3) is 2.95. The average molecular weight is 356 g/mol. The molecule has 2 aromatic rings. The number of aryl methyl sites for hydroxylation is 1. The number of aromatic nitrogens is 1. The van der Waals surface area contributed by atoms with Crippen LogP contribution in [0.3, 0.4) is 0 Å². The molecule has 6 heteroatoms. The number of ether oxygens (including phenoxy) is 1. The van der Waals surface area contributed by atoms with Gasteiger partial charge in [0.1, 0.15) is 11.4 Å². The number of nitro groups is 1. The normalized spacial score (nSPS) is 10.1. The minimum atomic E-state index is -0.461. The monoisotopic (exact) mass is 356 g/mol. The molecule has 0 unspecified atom stereocenters. The van der Waals surface area contributed by atoms with E-state index in [0.29, 0.717) is 17.3 Å². The molecule has 0 fully saturated rings. The predicted octanol–water partition coefficient (Wildman–Crippen LogP) is 3.70. The standard InChI is InChI=1S/C12H9IN2O3/c1-8-11(15(16)17)5-6-12(14-8)18-10-4-2-3-9(13)7-10/h2-7H,1H3. The number of benzene rings is 1. The minimum absolute atomic E-state index is 0.00927. The second-order valence-electron chi connectivity index (χ2n) is 3.57. The van der Waals surface area contributed by atoms with Crippen LogP contribution in [0.1, 0.15) is 5.69 Å². The van der Waals surface area contributed by atoms with Gasteiger partial charge >= 0.3 is 0 Å². The summed E-state index contributed by atoms with van der Waals surface area (Å²) >= 11 is 2.18. The lowest BCUT2D eigenvalue weighted by Crippen LogP contribution is -1.96. The fourth-order valence-electron chi connectivity index (χ4n) is 1.43. The molecule has 0 bridgehead atoms. The van der Waals surface area contributed by atoms with E-state index in [2.05, 4.69) is 27.6 Å². The number of rotatable bonds is 3. The molecule has 2 rings (SSSR count). The Bertz CT molecular complexity index is 602. The molecule has 18 heavy (non-hydrogen) atoms. The zero-order valence-corrected chi connectivity index (χ0v) is 11.6. The molecule has 0 atom stereocenters. The van der Waals surface area contributed by atoms with Gasteiger partial charge in [0.25, 0.3) is 5.69 Å². The van der Waals surface area contributed by atoms with Gasteiger partial charge in [-0.2, -0.15) is 0 Å². The Balaban J connectivity index is 2.25. The molecule has 0 amide bonds. The lowest BCUT2D eigenvalue weighted by molar-refractivity contribution is -0.385. The van der Waals surface area contributed by atoms with Crippen LogP contribution in [0.25, 0.3) is 0 Å². The van der Waals surface area contributed by atoms with E-state index in [4.69, 9.17) is 4.74 Å². The molecule has 0 radical (unpaired) electrons. The maximum absolute atomic E-state index is 10.7. The lowest BCUT2D eigenvalue weighted by Gasteiger charge is -2.05. The number of hydrogen-bond acceptors (Lipinski definition) is 4. The van der Waals surface area contributed by atoms with Crippen molar-refractivity contribution in [3.8, 4) is 11.6 Å². The van der Waals surface area contributed by atoms with Gasteiger partial charge in [-0.3, -0.25) is 10.1 Å². The van der Waals surface area contributed by atoms with Crippen molar-refractivity contribution >= 4 is 28.3 Å². The molecule has 1 heterocycles. The summed E-state index contributed by atoms with van der Waals surface area (Å²) in [6, 6.07) is 10.4. The molecule has 5 nitrogen and oxygen atoms in total. The molecular formula is C12H9IN2O3. The van der Waals surface area contributed by atoms with E-state index >= 15 is 0 Å². The first-order chi connectivity index (χ1) is 8.56. The van der Waals surface area contributed by atoms with Crippen LogP contribution in [0, 0.1) is 20.6 Å². The van der Waals surface area contributed by atoms with Crippen LogP contribution in [0.2, 0.25) is 0 Å². The van der Waals surface area contributed by atoms with Crippen molar-refractivity contribution in [3.63, 3.8) is 0 Å². The van der Waals surface area contributed by atoms with E-state index < -0.39 is 4.92 Å². The highest BCUT2D eigenvalue weighted by Crippen LogP contribution is 2.24. The van der Waals surface area contributed by atoms with E-state index in [1.165, 1.54) is 12.1 Å². The summed E-state index contributed by atoms with van der Waals surface area (Å²) in [5.41, 5.74) is 0.327. The number of halogens is 1. The maximum Gasteiger partial charge on any atom is 0.290 e. The molecule has 0 aliphatic heterocycles. The summed E-state index contributed by atoms with van der Waals surface area (Å²) in [6.45, 7) is 1.58. The van der Waals surface area contributed by atoms with Crippen LogP contribution in [-0.2, 0) is 0 Å². The van der Waals surface area contributed by atoms with Gasteiger partial charge in [-0.25, -0.2) is 4.98 Å². The van der Waals surface area contributed by atoms with Gasteiger partial charge < -0.3 is 4.74 Å². The third-order valence-electron chi connectivity index (χ3n) is 2.25. The second kappa shape index (κ2) is 5.30. The van der Waals surface area contributed by atoms with E-state index in [1.54, 1.807) is 13.0 Å². The Kier molecular flexibility index (Phi) is 3.75. The van der Waals surface area contributed by atoms with Crippen molar-refractivity contribution in [1.82, 2.24) is 4.98 Å². The fraction of sp³-hybridized carbons (Fsp3) is 0.0833. The third-order valence-corrected chi connectivity index (χ3v) is 2.92. The number of hydrogen-bond donors (Lipinski definition) is 0.